The van der Waals surface area contributed by atoms with Crippen LogP contribution in [0.5, 0.6) is 0 Å². The van der Waals surface area contributed by atoms with Crippen molar-refractivity contribution in [1.29, 1.82) is 0 Å². The third-order valence-electron chi connectivity index (χ3n) is 10.6. The molecule has 268 valence electrons. The van der Waals surface area contributed by atoms with E-state index in [1.165, 1.54) is 17.4 Å². The van der Waals surface area contributed by atoms with Crippen molar-refractivity contribution in [3.05, 3.63) is 108 Å². The highest BCUT2D eigenvalue weighted by molar-refractivity contribution is 5.95. The van der Waals surface area contributed by atoms with Gasteiger partial charge in [0.25, 0.3) is 0 Å². The van der Waals surface area contributed by atoms with Crippen LogP contribution in [-0.4, -0.2) is 90.3 Å². The van der Waals surface area contributed by atoms with Gasteiger partial charge in [-0.25, -0.2) is 0 Å². The maximum Gasteiger partial charge on any atom is 0.246 e. The lowest BCUT2D eigenvalue weighted by Gasteiger charge is -2.34. The molecule has 0 bridgehead atoms. The van der Waals surface area contributed by atoms with Crippen LogP contribution in [0.1, 0.15) is 63.5 Å². The first-order valence-corrected chi connectivity index (χ1v) is 18.2. The van der Waals surface area contributed by atoms with E-state index < -0.39 is 12.1 Å². The zero-order valence-corrected chi connectivity index (χ0v) is 30.7. The molecule has 0 aromatic heterocycles. The van der Waals surface area contributed by atoms with Crippen LogP contribution < -0.4 is 11.1 Å². The minimum absolute atomic E-state index is 0.191. The van der Waals surface area contributed by atoms with Gasteiger partial charge in [-0.15, -0.1) is 0 Å². The molecule has 3 aromatic carbocycles. The van der Waals surface area contributed by atoms with Crippen LogP contribution in [0.25, 0.3) is 11.1 Å². The van der Waals surface area contributed by atoms with Crippen LogP contribution in [0.4, 0.5) is 0 Å². The van der Waals surface area contributed by atoms with Gasteiger partial charge in [0.2, 0.25) is 17.7 Å². The van der Waals surface area contributed by atoms with Crippen LogP contribution in [0.2, 0.25) is 0 Å². The molecule has 0 aliphatic carbocycles. The molecule has 1 aliphatic heterocycles. The normalized spacial score (nSPS) is 16.2. The molecule has 3 aromatic rings. The van der Waals surface area contributed by atoms with Crippen LogP contribution >= 0.6 is 0 Å². The minimum Gasteiger partial charge on any atom is -0.354 e. The average Bonchev–Trinajstić information content (AvgIpc) is 3.56. The standard InChI is InChI=1S/C42H57N5O3/c1-6-42(43,7-2)27-14-21-39(48)46(4)38(31-33-22-24-35(25-23-33)34-18-12-9-13-19-34)41(50)47(5)37(30-32-16-10-8-11-17-32)40(49)44-28-26-36-20-15-29-45(36)3/h8-14,16-19,21-25,36-38H,6-7,15,20,26-31,43H2,1-5H3,(H,44,49)/b21-14+. The number of nitrogens with zero attached hydrogens (tertiary/aromatic N) is 3. The van der Waals surface area contributed by atoms with E-state index in [1.807, 2.05) is 92.7 Å². The first-order valence-electron chi connectivity index (χ1n) is 18.2. The summed E-state index contributed by atoms with van der Waals surface area (Å²) in [4.78, 5) is 47.5. The highest BCUT2D eigenvalue weighted by Crippen LogP contribution is 2.22. The molecule has 3 unspecified atom stereocenters. The monoisotopic (exact) mass is 679 g/mol. The summed E-state index contributed by atoms with van der Waals surface area (Å²) in [6.45, 7) is 5.72. The molecule has 0 radical (unpaired) electrons. The lowest BCUT2D eigenvalue weighted by molar-refractivity contribution is -0.146. The number of hydrogen-bond acceptors (Lipinski definition) is 5. The number of carbonyl (C=O) groups is 3. The predicted octanol–water partition coefficient (Wildman–Crippen LogP) is 5.86. The van der Waals surface area contributed by atoms with Crippen LogP contribution in [-0.2, 0) is 27.2 Å². The van der Waals surface area contributed by atoms with Gasteiger partial charge in [-0.2, -0.15) is 0 Å². The smallest absolute Gasteiger partial charge is 0.246 e. The molecule has 1 saturated heterocycles. The second-order valence-corrected chi connectivity index (χ2v) is 13.9. The van der Waals surface area contributed by atoms with Crippen molar-refractivity contribution in [3.63, 3.8) is 0 Å². The summed E-state index contributed by atoms with van der Waals surface area (Å²) in [5, 5.41) is 3.14. The molecule has 0 spiro atoms. The Kier molecular flexibility index (Phi) is 14.4. The fourth-order valence-electron chi connectivity index (χ4n) is 6.74. The zero-order valence-electron chi connectivity index (χ0n) is 30.7. The third-order valence-corrected chi connectivity index (χ3v) is 10.6. The molecular weight excluding hydrogens is 622 g/mol. The number of hydrogen-bond donors (Lipinski definition) is 2. The number of likely N-dealkylation sites (N-methyl/N-ethyl adjacent to an activating group) is 2. The Morgan fingerprint density at radius 3 is 2.04 bits per heavy atom. The van der Waals surface area contributed by atoms with Crippen molar-refractivity contribution in [3.8, 4) is 11.1 Å². The number of amides is 3. The van der Waals surface area contributed by atoms with Crippen molar-refractivity contribution in [1.82, 2.24) is 20.0 Å². The molecular formula is C42H57N5O3. The summed E-state index contributed by atoms with van der Waals surface area (Å²) < 4.78 is 0. The Hall–Kier alpha value is -4.27. The van der Waals surface area contributed by atoms with Crippen LogP contribution in [0.15, 0.2) is 97.1 Å². The Bertz CT molecular complexity index is 1540. The number of likely N-dealkylation sites (tertiary alicyclic amines) is 1. The van der Waals surface area contributed by atoms with Gasteiger partial charge < -0.3 is 25.8 Å². The molecule has 4 rings (SSSR count). The Morgan fingerprint density at radius 1 is 0.860 bits per heavy atom. The van der Waals surface area contributed by atoms with Crippen molar-refractivity contribution in [2.24, 2.45) is 5.73 Å². The number of nitrogens with one attached hydrogen (secondary N) is 1. The predicted molar refractivity (Wildman–Crippen MR) is 203 cm³/mol. The average molecular weight is 680 g/mol. The lowest BCUT2D eigenvalue weighted by atomic mass is 9.90. The maximum absolute atomic E-state index is 14.6. The molecule has 50 heavy (non-hydrogen) atoms. The van der Waals surface area contributed by atoms with E-state index in [-0.39, 0.29) is 23.3 Å². The molecule has 1 aliphatic rings. The molecule has 0 saturated carbocycles. The summed E-state index contributed by atoms with van der Waals surface area (Å²) in [5.74, 6) is -0.760. The summed E-state index contributed by atoms with van der Waals surface area (Å²) >= 11 is 0. The van der Waals surface area contributed by atoms with E-state index in [4.69, 9.17) is 5.73 Å². The van der Waals surface area contributed by atoms with Gasteiger partial charge in [-0.05, 0) is 80.4 Å². The van der Waals surface area contributed by atoms with E-state index in [2.05, 4.69) is 29.4 Å². The summed E-state index contributed by atoms with van der Waals surface area (Å²) in [7, 11) is 5.48. The highest BCUT2D eigenvalue weighted by atomic mass is 16.2. The molecule has 8 nitrogen and oxygen atoms in total. The number of nitrogens with two attached hydrogens (primary N) is 1. The van der Waals surface area contributed by atoms with Crippen molar-refractivity contribution in [2.75, 3.05) is 34.2 Å². The summed E-state index contributed by atoms with van der Waals surface area (Å²) in [6, 6.07) is 26.9. The maximum atomic E-state index is 14.6. The van der Waals surface area contributed by atoms with E-state index in [9.17, 15) is 14.4 Å². The quantitative estimate of drug-likeness (QED) is 0.174. The minimum atomic E-state index is -0.835. The molecule has 3 amide bonds. The van der Waals surface area contributed by atoms with Crippen molar-refractivity contribution < 1.29 is 14.4 Å². The largest absolute Gasteiger partial charge is 0.354 e. The lowest BCUT2D eigenvalue weighted by Crippen LogP contribution is -2.56. The molecule has 8 heteroatoms. The van der Waals surface area contributed by atoms with Gasteiger partial charge in [-0.3, -0.25) is 14.4 Å². The fourth-order valence-corrected chi connectivity index (χ4v) is 6.74. The van der Waals surface area contributed by atoms with Crippen molar-refractivity contribution in [2.45, 2.75) is 88.9 Å². The highest BCUT2D eigenvalue weighted by Gasteiger charge is 2.35. The van der Waals surface area contributed by atoms with Crippen molar-refractivity contribution >= 4 is 17.7 Å². The van der Waals surface area contributed by atoms with Gasteiger partial charge >= 0.3 is 0 Å². The first-order chi connectivity index (χ1) is 24.0. The Morgan fingerprint density at radius 2 is 1.44 bits per heavy atom. The molecule has 3 N–H and O–H groups in total. The van der Waals surface area contributed by atoms with E-state index in [0.29, 0.717) is 31.8 Å². The molecule has 1 fully saturated rings. The number of benzene rings is 3. The second-order valence-electron chi connectivity index (χ2n) is 13.9. The van der Waals surface area contributed by atoms with Gasteiger partial charge in [0, 0.05) is 45.1 Å². The SMILES string of the molecule is CCC(N)(CC)C/C=C/C(=O)N(C)C(Cc1ccc(-c2ccccc2)cc1)C(=O)N(C)C(Cc1ccccc1)C(=O)NCCC1CCCN1C. The topological polar surface area (TPSA) is 99.0 Å². The Balaban J connectivity index is 1.58. The molecule has 1 heterocycles. The third kappa shape index (κ3) is 10.6. The van der Waals surface area contributed by atoms with Gasteiger partial charge in [0.05, 0.1) is 0 Å². The number of carbonyl (C=O) groups excluding carboxylic acids is 3. The van der Waals surface area contributed by atoms with Gasteiger partial charge in [0.15, 0.2) is 0 Å². The van der Waals surface area contributed by atoms with Gasteiger partial charge in [-0.1, -0.05) is 105 Å². The summed E-state index contributed by atoms with van der Waals surface area (Å²) in [5.41, 5.74) is 10.2. The Labute approximate surface area is 299 Å². The van der Waals surface area contributed by atoms with E-state index in [0.717, 1.165) is 54.5 Å². The van der Waals surface area contributed by atoms with Crippen LogP contribution in [0.3, 0.4) is 0 Å². The fraction of sp³-hybridized carbons (Fsp3) is 0.452. The van der Waals surface area contributed by atoms with Gasteiger partial charge in [0.1, 0.15) is 12.1 Å². The van der Waals surface area contributed by atoms with Crippen LogP contribution in [0, 0.1) is 0 Å². The summed E-state index contributed by atoms with van der Waals surface area (Å²) in [6.07, 6.45) is 9.33. The van der Waals surface area contributed by atoms with E-state index >= 15 is 0 Å². The first kappa shape index (κ1) is 38.5. The molecule has 3 atom stereocenters. The van der Waals surface area contributed by atoms with E-state index in [1.54, 1.807) is 19.0 Å². The number of rotatable bonds is 17. The second kappa shape index (κ2) is 18.6. The zero-order chi connectivity index (χ0) is 36.1.